The highest BCUT2D eigenvalue weighted by Crippen LogP contribution is 2.40. The van der Waals surface area contributed by atoms with Gasteiger partial charge in [0.2, 0.25) is 0 Å². The summed E-state index contributed by atoms with van der Waals surface area (Å²) in [5.41, 5.74) is 7.55. The summed E-state index contributed by atoms with van der Waals surface area (Å²) in [6, 6.07) is 8.22. The van der Waals surface area contributed by atoms with Gasteiger partial charge < -0.3 is 10.5 Å². The maximum Gasteiger partial charge on any atom is 0.0666 e. The lowest BCUT2D eigenvalue weighted by Crippen LogP contribution is -2.28. The highest BCUT2D eigenvalue weighted by atomic mass is 35.5. The van der Waals surface area contributed by atoms with Gasteiger partial charge in [-0.15, -0.1) is 11.8 Å². The highest BCUT2D eigenvalue weighted by Gasteiger charge is 2.30. The van der Waals surface area contributed by atoms with Gasteiger partial charge in [-0.2, -0.15) is 0 Å². The average Bonchev–Trinajstić information content (AvgIpc) is 2.80. The minimum absolute atomic E-state index is 0.149. The maximum absolute atomic E-state index is 6.32. The zero-order valence-corrected chi connectivity index (χ0v) is 13.1. The number of benzene rings is 1. The number of rotatable bonds is 5. The Kier molecular flexibility index (Phi) is 5.58. The molecule has 4 heteroatoms. The first-order valence-corrected chi connectivity index (χ1v) is 8.22. The quantitative estimate of drug-likeness (QED) is 0.891. The molecule has 0 amide bonds. The fourth-order valence-corrected chi connectivity index (χ4v) is 4.21. The number of hydrogen-bond donors (Lipinski definition) is 1. The first-order chi connectivity index (χ1) is 9.11. The predicted molar refractivity (Wildman–Crippen MR) is 83.9 cm³/mol. The summed E-state index contributed by atoms with van der Waals surface area (Å²) < 4.78 is 5.65. The van der Waals surface area contributed by atoms with Crippen molar-refractivity contribution < 1.29 is 4.74 Å². The Labute approximate surface area is 125 Å². The zero-order valence-electron chi connectivity index (χ0n) is 11.5. The van der Waals surface area contributed by atoms with Crippen molar-refractivity contribution in [2.24, 2.45) is 5.73 Å². The number of nitrogens with two attached hydrogens (primary N) is 1. The van der Waals surface area contributed by atoms with Crippen LogP contribution < -0.4 is 5.73 Å². The monoisotopic (exact) mass is 299 g/mol. The molecule has 19 heavy (non-hydrogen) atoms. The van der Waals surface area contributed by atoms with Gasteiger partial charge in [-0.1, -0.05) is 30.7 Å². The smallest absolute Gasteiger partial charge is 0.0666 e. The van der Waals surface area contributed by atoms with Crippen LogP contribution in [-0.2, 0) is 4.74 Å². The van der Waals surface area contributed by atoms with Gasteiger partial charge in [0.15, 0.2) is 0 Å². The maximum atomic E-state index is 6.32. The first-order valence-electron chi connectivity index (χ1n) is 6.90. The molecule has 0 aliphatic carbocycles. The Balaban J connectivity index is 2.16. The van der Waals surface area contributed by atoms with Gasteiger partial charge in [0, 0.05) is 28.2 Å². The molecule has 0 bridgehead atoms. The van der Waals surface area contributed by atoms with E-state index in [-0.39, 0.29) is 11.3 Å². The lowest BCUT2D eigenvalue weighted by atomic mass is 10.0. The van der Waals surface area contributed by atoms with E-state index < -0.39 is 0 Å². The second-order valence-corrected chi connectivity index (χ2v) is 6.91. The van der Waals surface area contributed by atoms with Gasteiger partial charge in [-0.05, 0) is 37.5 Å². The lowest BCUT2D eigenvalue weighted by Gasteiger charge is -2.27. The third-order valence-corrected chi connectivity index (χ3v) is 5.78. The van der Waals surface area contributed by atoms with Gasteiger partial charge in [-0.3, -0.25) is 0 Å². The van der Waals surface area contributed by atoms with E-state index >= 15 is 0 Å². The second kappa shape index (κ2) is 6.98. The molecule has 1 aliphatic heterocycles. The summed E-state index contributed by atoms with van der Waals surface area (Å²) in [5, 5.41) is 1.60. The normalized spacial score (nSPS) is 26.3. The van der Waals surface area contributed by atoms with Gasteiger partial charge >= 0.3 is 0 Å². The molecule has 1 aromatic carbocycles. The van der Waals surface area contributed by atoms with E-state index in [0.29, 0.717) is 11.4 Å². The molecule has 2 N–H and O–H groups in total. The Morgan fingerprint density at radius 1 is 1.53 bits per heavy atom. The van der Waals surface area contributed by atoms with Crippen molar-refractivity contribution in [3.8, 4) is 0 Å². The Hall–Kier alpha value is -0.220. The standard InChI is InChI=1S/C15H22ClNOS/c1-3-13(17)15(11-5-4-6-12(16)9-11)19-14-7-8-18-10(14)2/h4-6,9-10,13-15H,3,7-8,17H2,1-2H3. The summed E-state index contributed by atoms with van der Waals surface area (Å²) in [6.45, 7) is 5.15. The van der Waals surface area contributed by atoms with Gasteiger partial charge in [0.25, 0.3) is 0 Å². The molecule has 1 heterocycles. The van der Waals surface area contributed by atoms with Crippen molar-refractivity contribution >= 4 is 23.4 Å². The summed E-state index contributed by atoms with van der Waals surface area (Å²) in [6.07, 6.45) is 2.39. The summed E-state index contributed by atoms with van der Waals surface area (Å²) in [7, 11) is 0. The van der Waals surface area contributed by atoms with Crippen LogP contribution in [0.25, 0.3) is 0 Å². The van der Waals surface area contributed by atoms with Crippen LogP contribution in [0.3, 0.4) is 0 Å². The molecule has 0 aromatic heterocycles. The van der Waals surface area contributed by atoms with Crippen LogP contribution in [0.5, 0.6) is 0 Å². The van der Waals surface area contributed by atoms with E-state index in [1.807, 2.05) is 30.0 Å². The molecule has 4 atom stereocenters. The van der Waals surface area contributed by atoms with Gasteiger partial charge in [0.05, 0.1) is 6.10 Å². The van der Waals surface area contributed by atoms with Crippen LogP contribution in [0.2, 0.25) is 5.02 Å². The van der Waals surface area contributed by atoms with Gasteiger partial charge in [-0.25, -0.2) is 0 Å². The Morgan fingerprint density at radius 3 is 2.89 bits per heavy atom. The van der Waals surface area contributed by atoms with Crippen LogP contribution in [0, 0.1) is 0 Å². The SMILES string of the molecule is CCC(N)C(SC1CCOC1C)c1cccc(Cl)c1. The van der Waals surface area contributed by atoms with E-state index in [9.17, 15) is 0 Å². The Bertz CT molecular complexity index is 415. The second-order valence-electron chi connectivity index (χ2n) is 5.09. The van der Waals surface area contributed by atoms with Crippen LogP contribution in [-0.4, -0.2) is 24.0 Å². The van der Waals surface area contributed by atoms with E-state index in [4.69, 9.17) is 22.1 Å². The van der Waals surface area contributed by atoms with E-state index in [0.717, 1.165) is 24.5 Å². The summed E-state index contributed by atoms with van der Waals surface area (Å²) in [4.78, 5) is 0. The van der Waals surface area contributed by atoms with Gasteiger partial charge in [0.1, 0.15) is 0 Å². The molecule has 0 saturated carbocycles. The van der Waals surface area contributed by atoms with Crippen molar-refractivity contribution in [2.45, 2.75) is 49.3 Å². The third-order valence-electron chi connectivity index (χ3n) is 3.67. The van der Waals surface area contributed by atoms with Crippen molar-refractivity contribution in [3.05, 3.63) is 34.9 Å². The third kappa shape index (κ3) is 3.88. The van der Waals surface area contributed by atoms with E-state index in [2.05, 4.69) is 19.9 Å². The summed E-state index contributed by atoms with van der Waals surface area (Å²) >= 11 is 8.05. The lowest BCUT2D eigenvalue weighted by molar-refractivity contribution is 0.127. The molecule has 106 valence electrons. The molecule has 2 rings (SSSR count). The molecule has 1 saturated heterocycles. The molecule has 1 aliphatic rings. The minimum Gasteiger partial charge on any atom is -0.377 e. The molecule has 1 fully saturated rings. The fourth-order valence-electron chi connectivity index (χ4n) is 2.40. The number of thioether (sulfide) groups is 1. The minimum atomic E-state index is 0.149. The highest BCUT2D eigenvalue weighted by molar-refractivity contribution is 8.00. The van der Waals surface area contributed by atoms with E-state index in [1.165, 1.54) is 5.56 Å². The molecule has 2 nitrogen and oxygen atoms in total. The molecule has 4 unspecified atom stereocenters. The van der Waals surface area contributed by atoms with Crippen LogP contribution in [0.15, 0.2) is 24.3 Å². The van der Waals surface area contributed by atoms with Crippen molar-refractivity contribution in [2.75, 3.05) is 6.61 Å². The average molecular weight is 300 g/mol. The number of halogens is 1. The molecule has 0 radical (unpaired) electrons. The van der Waals surface area contributed by atoms with Crippen LogP contribution >= 0.6 is 23.4 Å². The van der Waals surface area contributed by atoms with E-state index in [1.54, 1.807) is 0 Å². The number of hydrogen-bond acceptors (Lipinski definition) is 3. The molecule has 1 aromatic rings. The fraction of sp³-hybridized carbons (Fsp3) is 0.600. The van der Waals surface area contributed by atoms with Crippen LogP contribution in [0.1, 0.15) is 37.5 Å². The molecule has 0 spiro atoms. The largest absolute Gasteiger partial charge is 0.377 e. The molecular weight excluding hydrogens is 278 g/mol. The van der Waals surface area contributed by atoms with Crippen molar-refractivity contribution in [3.63, 3.8) is 0 Å². The van der Waals surface area contributed by atoms with Crippen molar-refractivity contribution in [1.29, 1.82) is 0 Å². The zero-order chi connectivity index (χ0) is 13.8. The predicted octanol–water partition coefficient (Wildman–Crippen LogP) is 4.03. The Morgan fingerprint density at radius 2 is 2.32 bits per heavy atom. The topological polar surface area (TPSA) is 35.2 Å². The first kappa shape index (κ1) is 15.2. The number of ether oxygens (including phenoxy) is 1. The summed E-state index contributed by atoms with van der Waals surface area (Å²) in [5.74, 6) is 0. The van der Waals surface area contributed by atoms with Crippen LogP contribution in [0.4, 0.5) is 0 Å². The molecular formula is C15H22ClNOS. The van der Waals surface area contributed by atoms with Crippen molar-refractivity contribution in [1.82, 2.24) is 0 Å².